The Hall–Kier alpha value is -1.81. The van der Waals surface area contributed by atoms with Crippen molar-refractivity contribution in [2.24, 2.45) is 0 Å². The molecule has 0 spiro atoms. The molecule has 5 nitrogen and oxygen atoms in total. The van der Waals surface area contributed by atoms with Crippen molar-refractivity contribution in [1.82, 2.24) is 10.2 Å². The number of thioether (sulfide) groups is 1. The highest BCUT2D eigenvalue weighted by Gasteiger charge is 2.27. The molecule has 0 aliphatic carbocycles. The van der Waals surface area contributed by atoms with Crippen LogP contribution in [0.3, 0.4) is 0 Å². The van der Waals surface area contributed by atoms with Gasteiger partial charge in [-0.1, -0.05) is 41.3 Å². The van der Waals surface area contributed by atoms with Crippen LogP contribution in [0.1, 0.15) is 12.0 Å². The smallest absolute Gasteiger partial charge is 0.351 e. The quantitative estimate of drug-likeness (QED) is 0.794. The van der Waals surface area contributed by atoms with Gasteiger partial charge in [-0.05, 0) is 24.5 Å². The number of aryl methyl sites for hydroxylation is 1. The van der Waals surface area contributed by atoms with Crippen LogP contribution in [0.25, 0.3) is 0 Å². The molecule has 3 rings (SSSR count). The molecule has 0 saturated carbocycles. The molecule has 0 bridgehead atoms. The summed E-state index contributed by atoms with van der Waals surface area (Å²) < 4.78 is 37.0. The number of amides is 1. The molecule has 1 aromatic carbocycles. The van der Waals surface area contributed by atoms with E-state index in [1.54, 1.807) is 4.90 Å². The zero-order chi connectivity index (χ0) is 17.9. The Kier molecular flexibility index (Phi) is 5.48. The normalized spacial score (nSPS) is 14.3. The van der Waals surface area contributed by atoms with Crippen LogP contribution in [0.5, 0.6) is 0 Å². The average Bonchev–Trinajstić information content (AvgIpc) is 3.05. The topological polar surface area (TPSA) is 58.1 Å². The number of anilines is 2. The maximum atomic E-state index is 12.5. The van der Waals surface area contributed by atoms with Crippen molar-refractivity contribution in [2.45, 2.75) is 23.4 Å². The Balaban J connectivity index is 1.56. The Bertz CT molecular complexity index is 750. The van der Waals surface area contributed by atoms with Crippen LogP contribution in [-0.2, 0) is 11.2 Å². The fraction of sp³-hybridized carbons (Fsp3) is 0.400. The molecule has 1 amide bonds. The summed E-state index contributed by atoms with van der Waals surface area (Å²) in [4.78, 5) is 14.3. The first-order valence-electron chi connectivity index (χ1n) is 7.57. The highest BCUT2D eigenvalue weighted by atomic mass is 32.2. The van der Waals surface area contributed by atoms with E-state index in [9.17, 15) is 18.0 Å². The lowest BCUT2D eigenvalue weighted by molar-refractivity contribution is -0.116. The fourth-order valence-electron chi connectivity index (χ4n) is 2.51. The monoisotopic (exact) mass is 388 g/mol. The Morgan fingerprint density at radius 1 is 1.32 bits per heavy atom. The summed E-state index contributed by atoms with van der Waals surface area (Å²) >= 11 is 2.19. The fourth-order valence-corrected chi connectivity index (χ4v) is 4.13. The molecule has 0 unspecified atom stereocenters. The second kappa shape index (κ2) is 7.61. The van der Waals surface area contributed by atoms with E-state index in [0.29, 0.717) is 10.9 Å². The third-order valence-electron chi connectivity index (χ3n) is 3.58. The van der Waals surface area contributed by atoms with Crippen LogP contribution in [0.15, 0.2) is 28.6 Å². The van der Waals surface area contributed by atoms with Gasteiger partial charge in [-0.25, -0.2) is 0 Å². The van der Waals surface area contributed by atoms with Crippen LogP contribution >= 0.6 is 23.1 Å². The number of hydrogen-bond acceptors (Lipinski definition) is 6. The van der Waals surface area contributed by atoms with Crippen molar-refractivity contribution in [3.63, 3.8) is 0 Å². The first kappa shape index (κ1) is 18.0. The van der Waals surface area contributed by atoms with Crippen LogP contribution < -0.4 is 10.2 Å². The number of rotatable bonds is 5. The number of halogens is 3. The van der Waals surface area contributed by atoms with Crippen molar-refractivity contribution in [3.05, 3.63) is 29.8 Å². The van der Waals surface area contributed by atoms with E-state index in [1.807, 2.05) is 24.3 Å². The van der Waals surface area contributed by atoms with Gasteiger partial charge in [-0.3, -0.25) is 4.79 Å². The summed E-state index contributed by atoms with van der Waals surface area (Å²) in [5.74, 6) is 0.125. The van der Waals surface area contributed by atoms with Crippen LogP contribution in [0.2, 0.25) is 0 Å². The summed E-state index contributed by atoms with van der Waals surface area (Å²) in [6, 6.07) is 7.81. The maximum Gasteiger partial charge on any atom is 0.405 e. The number of alkyl halides is 3. The van der Waals surface area contributed by atoms with Gasteiger partial charge in [0.25, 0.3) is 0 Å². The van der Waals surface area contributed by atoms with E-state index < -0.39 is 12.7 Å². The molecule has 0 atom stereocenters. The van der Waals surface area contributed by atoms with Crippen LogP contribution in [0.4, 0.5) is 24.0 Å². The molecule has 134 valence electrons. The molecule has 0 saturated heterocycles. The molecular formula is C15H15F3N4OS2. The molecule has 0 fully saturated rings. The molecule has 1 N–H and O–H groups in total. The van der Waals surface area contributed by atoms with Crippen molar-refractivity contribution in [1.29, 1.82) is 0 Å². The van der Waals surface area contributed by atoms with Crippen molar-refractivity contribution >= 4 is 39.8 Å². The second-order valence-electron chi connectivity index (χ2n) is 5.41. The van der Waals surface area contributed by atoms with E-state index in [0.717, 1.165) is 35.4 Å². The minimum absolute atomic E-state index is 0.0443. The molecule has 10 heteroatoms. The average molecular weight is 388 g/mol. The Morgan fingerprint density at radius 2 is 2.12 bits per heavy atom. The molecule has 2 heterocycles. The lowest BCUT2D eigenvalue weighted by Crippen LogP contribution is -2.36. The molecule has 0 radical (unpaired) electrons. The van der Waals surface area contributed by atoms with Crippen molar-refractivity contribution in [2.75, 3.05) is 29.1 Å². The Morgan fingerprint density at radius 3 is 2.92 bits per heavy atom. The van der Waals surface area contributed by atoms with Gasteiger partial charge < -0.3 is 10.2 Å². The lowest BCUT2D eigenvalue weighted by atomic mass is 10.0. The third kappa shape index (κ3) is 4.85. The van der Waals surface area contributed by atoms with E-state index >= 15 is 0 Å². The molecule has 25 heavy (non-hydrogen) atoms. The van der Waals surface area contributed by atoms with Gasteiger partial charge >= 0.3 is 6.18 Å². The molecular weight excluding hydrogens is 373 g/mol. The maximum absolute atomic E-state index is 12.5. The number of nitrogens with one attached hydrogen (secondary N) is 1. The van der Waals surface area contributed by atoms with Crippen LogP contribution in [0, 0.1) is 0 Å². The van der Waals surface area contributed by atoms with E-state index in [4.69, 9.17) is 0 Å². The van der Waals surface area contributed by atoms with E-state index in [2.05, 4.69) is 15.5 Å². The number of aromatic nitrogens is 2. The van der Waals surface area contributed by atoms with Crippen molar-refractivity contribution < 1.29 is 18.0 Å². The number of benzene rings is 1. The number of fused-ring (bicyclic) bond motifs is 1. The lowest BCUT2D eigenvalue weighted by Gasteiger charge is -2.29. The summed E-state index contributed by atoms with van der Waals surface area (Å²) in [5, 5.41) is 9.74. The number of nitrogens with zero attached hydrogens (tertiary/aromatic N) is 3. The van der Waals surface area contributed by atoms with Gasteiger partial charge in [0.1, 0.15) is 6.54 Å². The minimum Gasteiger partial charge on any atom is -0.351 e. The number of carbonyl (C=O) groups is 1. The summed E-state index contributed by atoms with van der Waals surface area (Å²) in [6.07, 6.45) is -2.44. The van der Waals surface area contributed by atoms with E-state index in [1.165, 1.54) is 11.8 Å². The van der Waals surface area contributed by atoms with Gasteiger partial charge in [0, 0.05) is 12.2 Å². The molecule has 1 aromatic heterocycles. The van der Waals surface area contributed by atoms with E-state index in [-0.39, 0.29) is 16.8 Å². The first-order valence-corrected chi connectivity index (χ1v) is 9.38. The summed E-state index contributed by atoms with van der Waals surface area (Å²) in [5.41, 5.74) is 2.09. The van der Waals surface area contributed by atoms with Gasteiger partial charge in [-0.2, -0.15) is 13.2 Å². The van der Waals surface area contributed by atoms with Crippen molar-refractivity contribution in [3.8, 4) is 0 Å². The standard InChI is InChI=1S/C15H15F3N4OS2/c16-15(17,18)9-19-13-20-21-14(25-13)24-8-12(23)22-7-3-5-10-4-1-2-6-11(10)22/h1-2,4,6H,3,5,7-9H2,(H,19,20). The Labute approximate surface area is 150 Å². The number of para-hydroxylation sites is 1. The van der Waals surface area contributed by atoms with Crippen LogP contribution in [-0.4, -0.2) is 41.1 Å². The number of hydrogen-bond donors (Lipinski definition) is 1. The van der Waals surface area contributed by atoms with Gasteiger partial charge in [0.15, 0.2) is 4.34 Å². The zero-order valence-electron chi connectivity index (χ0n) is 13.0. The number of carbonyl (C=O) groups excluding carboxylic acids is 1. The molecule has 1 aliphatic rings. The molecule has 1 aliphatic heterocycles. The predicted molar refractivity (Wildman–Crippen MR) is 92.3 cm³/mol. The highest BCUT2D eigenvalue weighted by molar-refractivity contribution is 8.01. The van der Waals surface area contributed by atoms with Gasteiger partial charge in [-0.15, -0.1) is 10.2 Å². The third-order valence-corrected chi connectivity index (χ3v) is 5.58. The molecule has 2 aromatic rings. The highest BCUT2D eigenvalue weighted by Crippen LogP contribution is 2.30. The summed E-state index contributed by atoms with van der Waals surface area (Å²) in [6.45, 7) is -0.485. The zero-order valence-corrected chi connectivity index (χ0v) is 14.7. The SMILES string of the molecule is O=C(CSc1nnc(NCC(F)(F)F)s1)N1CCCc2ccccc21. The minimum atomic E-state index is -4.31. The van der Waals surface area contributed by atoms with Gasteiger partial charge in [0.2, 0.25) is 11.0 Å². The first-order chi connectivity index (χ1) is 11.9. The summed E-state index contributed by atoms with van der Waals surface area (Å²) in [7, 11) is 0. The predicted octanol–water partition coefficient (Wildman–Crippen LogP) is 3.58. The largest absolute Gasteiger partial charge is 0.405 e. The second-order valence-corrected chi connectivity index (χ2v) is 7.61. The van der Waals surface area contributed by atoms with Gasteiger partial charge in [0.05, 0.1) is 5.75 Å².